The van der Waals surface area contributed by atoms with Crippen LogP contribution in [0.15, 0.2) is 24.3 Å². The van der Waals surface area contributed by atoms with Crippen LogP contribution in [-0.2, 0) is 4.74 Å². The highest BCUT2D eigenvalue weighted by Crippen LogP contribution is 2.24. The first-order valence-corrected chi connectivity index (χ1v) is 6.54. The van der Waals surface area contributed by atoms with Crippen LogP contribution in [0.4, 0.5) is 0 Å². The second kappa shape index (κ2) is 5.55. The van der Waals surface area contributed by atoms with Crippen molar-refractivity contribution in [3.63, 3.8) is 0 Å². The molecular weight excluding hydrogens is 224 g/mol. The summed E-state index contributed by atoms with van der Waals surface area (Å²) in [6.45, 7) is 12.2. The van der Waals surface area contributed by atoms with Crippen molar-refractivity contribution in [1.29, 1.82) is 0 Å². The molecule has 2 nitrogen and oxygen atoms in total. The third-order valence-electron chi connectivity index (χ3n) is 3.05. The molecule has 1 unspecified atom stereocenters. The van der Waals surface area contributed by atoms with Gasteiger partial charge in [0.25, 0.3) is 0 Å². The Morgan fingerprint density at radius 2 is 1.78 bits per heavy atom. The lowest BCUT2D eigenvalue weighted by atomic mass is 9.89. The van der Waals surface area contributed by atoms with Crippen molar-refractivity contribution < 1.29 is 9.53 Å². The molecule has 0 N–H and O–H groups in total. The minimum Gasteiger partial charge on any atom is -0.456 e. The third-order valence-corrected chi connectivity index (χ3v) is 3.05. The molecule has 0 radical (unpaired) electrons. The minimum atomic E-state index is -0.448. The van der Waals surface area contributed by atoms with E-state index in [2.05, 4.69) is 26.8 Å². The van der Waals surface area contributed by atoms with Crippen molar-refractivity contribution in [2.45, 2.75) is 53.1 Å². The molecule has 0 saturated carbocycles. The Morgan fingerprint density at radius 1 is 1.17 bits per heavy atom. The topological polar surface area (TPSA) is 26.3 Å². The predicted molar refractivity (Wildman–Crippen MR) is 74.9 cm³/mol. The Bertz CT molecular complexity index is 413. The number of rotatable bonds is 3. The van der Waals surface area contributed by atoms with Crippen molar-refractivity contribution >= 4 is 5.97 Å². The van der Waals surface area contributed by atoms with Gasteiger partial charge in [0.1, 0.15) is 5.60 Å². The molecule has 18 heavy (non-hydrogen) atoms. The zero-order valence-electron chi connectivity index (χ0n) is 12.3. The number of esters is 1. The Labute approximate surface area is 110 Å². The molecule has 0 aromatic heterocycles. The van der Waals surface area contributed by atoms with E-state index in [0.29, 0.717) is 17.4 Å². The van der Waals surface area contributed by atoms with E-state index in [9.17, 15) is 4.79 Å². The summed E-state index contributed by atoms with van der Waals surface area (Å²) >= 11 is 0. The molecule has 0 spiro atoms. The number of hydrogen-bond acceptors (Lipinski definition) is 2. The first-order valence-electron chi connectivity index (χ1n) is 6.54. The van der Waals surface area contributed by atoms with Gasteiger partial charge in [-0.2, -0.15) is 0 Å². The van der Waals surface area contributed by atoms with Gasteiger partial charge in [0, 0.05) is 0 Å². The zero-order chi connectivity index (χ0) is 13.9. The van der Waals surface area contributed by atoms with Gasteiger partial charge in [-0.3, -0.25) is 0 Å². The molecule has 0 saturated heterocycles. The van der Waals surface area contributed by atoms with E-state index in [-0.39, 0.29) is 5.97 Å². The Morgan fingerprint density at radius 3 is 2.28 bits per heavy atom. The quantitative estimate of drug-likeness (QED) is 0.741. The maximum Gasteiger partial charge on any atom is 0.338 e. The second-order valence-electron chi connectivity index (χ2n) is 6.16. The molecule has 2 heteroatoms. The lowest BCUT2D eigenvalue weighted by Gasteiger charge is -2.20. The normalized spacial score (nSPS) is 13.5. The number of carbonyl (C=O) groups excluding carboxylic acids is 1. The lowest BCUT2D eigenvalue weighted by Crippen LogP contribution is -2.24. The summed E-state index contributed by atoms with van der Waals surface area (Å²) in [5, 5.41) is 0. The Balaban J connectivity index is 2.92. The van der Waals surface area contributed by atoms with Crippen LogP contribution in [0.3, 0.4) is 0 Å². The van der Waals surface area contributed by atoms with Crippen molar-refractivity contribution in [1.82, 2.24) is 0 Å². The average molecular weight is 248 g/mol. The number of carbonyl (C=O) groups is 1. The molecular formula is C16H24O2. The second-order valence-corrected chi connectivity index (χ2v) is 6.16. The number of benzene rings is 1. The van der Waals surface area contributed by atoms with Crippen LogP contribution in [0.2, 0.25) is 0 Å². The van der Waals surface area contributed by atoms with Gasteiger partial charge in [0.15, 0.2) is 0 Å². The first-order chi connectivity index (χ1) is 8.20. The molecule has 1 rings (SSSR count). The fourth-order valence-corrected chi connectivity index (χ4v) is 1.67. The molecule has 1 aromatic carbocycles. The number of ether oxygens (including phenoxy) is 1. The molecule has 0 aliphatic carbocycles. The highest BCUT2D eigenvalue weighted by atomic mass is 16.6. The zero-order valence-corrected chi connectivity index (χ0v) is 12.3. The van der Waals surface area contributed by atoms with E-state index in [1.807, 2.05) is 39.0 Å². The molecule has 0 aliphatic heterocycles. The maximum absolute atomic E-state index is 12.0. The Kier molecular flexibility index (Phi) is 4.55. The van der Waals surface area contributed by atoms with Gasteiger partial charge in [-0.05, 0) is 50.3 Å². The monoisotopic (exact) mass is 248 g/mol. The number of hydrogen-bond donors (Lipinski definition) is 0. The van der Waals surface area contributed by atoms with Crippen molar-refractivity contribution in [3.8, 4) is 0 Å². The summed E-state index contributed by atoms with van der Waals surface area (Å²) in [6, 6.07) is 7.75. The van der Waals surface area contributed by atoms with Gasteiger partial charge in [0.2, 0.25) is 0 Å². The van der Waals surface area contributed by atoms with Gasteiger partial charge in [-0.15, -0.1) is 0 Å². The van der Waals surface area contributed by atoms with E-state index in [1.54, 1.807) is 0 Å². The van der Waals surface area contributed by atoms with Gasteiger partial charge in [-0.25, -0.2) is 4.79 Å². The molecule has 0 aliphatic rings. The molecule has 0 fully saturated rings. The Hall–Kier alpha value is -1.31. The van der Waals surface area contributed by atoms with Gasteiger partial charge in [0.05, 0.1) is 5.56 Å². The van der Waals surface area contributed by atoms with Crippen LogP contribution < -0.4 is 0 Å². The molecule has 0 amide bonds. The highest BCUT2D eigenvalue weighted by Gasteiger charge is 2.19. The summed E-state index contributed by atoms with van der Waals surface area (Å²) in [6.07, 6.45) is 0. The summed E-state index contributed by atoms with van der Waals surface area (Å²) in [7, 11) is 0. The standard InChI is InChI=1S/C16H24O2/c1-11(2)12(3)13-8-7-9-14(10-13)15(17)18-16(4,5)6/h7-12H,1-6H3. The summed E-state index contributed by atoms with van der Waals surface area (Å²) < 4.78 is 5.38. The van der Waals surface area contributed by atoms with Gasteiger partial charge in [-0.1, -0.05) is 32.9 Å². The molecule has 0 bridgehead atoms. The lowest BCUT2D eigenvalue weighted by molar-refractivity contribution is 0.00694. The third kappa shape index (κ3) is 4.17. The van der Waals surface area contributed by atoms with E-state index in [0.717, 1.165) is 0 Å². The first kappa shape index (κ1) is 14.7. The minimum absolute atomic E-state index is 0.250. The van der Waals surface area contributed by atoms with Crippen LogP contribution in [0.1, 0.15) is 63.4 Å². The van der Waals surface area contributed by atoms with E-state index < -0.39 is 5.60 Å². The molecule has 0 heterocycles. The smallest absolute Gasteiger partial charge is 0.338 e. The van der Waals surface area contributed by atoms with E-state index in [1.165, 1.54) is 5.56 Å². The maximum atomic E-state index is 12.0. The van der Waals surface area contributed by atoms with Crippen LogP contribution in [0, 0.1) is 5.92 Å². The largest absolute Gasteiger partial charge is 0.456 e. The SMILES string of the molecule is CC(C)C(C)c1cccc(C(=O)OC(C)(C)C)c1. The summed E-state index contributed by atoms with van der Waals surface area (Å²) in [5.74, 6) is 0.742. The summed E-state index contributed by atoms with van der Waals surface area (Å²) in [4.78, 5) is 12.0. The fraction of sp³-hybridized carbons (Fsp3) is 0.562. The van der Waals surface area contributed by atoms with Crippen LogP contribution in [0.5, 0.6) is 0 Å². The van der Waals surface area contributed by atoms with Crippen LogP contribution in [0.25, 0.3) is 0 Å². The highest BCUT2D eigenvalue weighted by molar-refractivity contribution is 5.89. The molecule has 1 aromatic rings. The van der Waals surface area contributed by atoms with Crippen molar-refractivity contribution in [2.24, 2.45) is 5.92 Å². The molecule has 1 atom stereocenters. The molecule has 100 valence electrons. The summed E-state index contributed by atoms with van der Waals surface area (Å²) in [5.41, 5.74) is 1.37. The average Bonchev–Trinajstić information content (AvgIpc) is 2.25. The van der Waals surface area contributed by atoms with Crippen molar-refractivity contribution in [2.75, 3.05) is 0 Å². The van der Waals surface area contributed by atoms with E-state index in [4.69, 9.17) is 4.74 Å². The van der Waals surface area contributed by atoms with Crippen LogP contribution in [-0.4, -0.2) is 11.6 Å². The van der Waals surface area contributed by atoms with Gasteiger partial charge >= 0.3 is 5.97 Å². The predicted octanol–water partition coefficient (Wildman–Crippen LogP) is 4.40. The van der Waals surface area contributed by atoms with Crippen LogP contribution >= 0.6 is 0 Å². The van der Waals surface area contributed by atoms with E-state index >= 15 is 0 Å². The van der Waals surface area contributed by atoms with Crippen molar-refractivity contribution in [3.05, 3.63) is 35.4 Å². The van der Waals surface area contributed by atoms with Gasteiger partial charge < -0.3 is 4.74 Å². The fourth-order valence-electron chi connectivity index (χ4n) is 1.67.